The summed E-state index contributed by atoms with van der Waals surface area (Å²) >= 11 is 0. The van der Waals surface area contributed by atoms with Crippen molar-refractivity contribution in [3.05, 3.63) is 35.4 Å². The van der Waals surface area contributed by atoms with E-state index in [1.54, 1.807) is 7.05 Å². The van der Waals surface area contributed by atoms with E-state index in [-0.39, 0.29) is 36.6 Å². The molecule has 1 aromatic rings. The summed E-state index contributed by atoms with van der Waals surface area (Å²) in [5, 5.41) is 6.07. The minimum absolute atomic E-state index is 0. The largest absolute Gasteiger partial charge is 0.406 e. The second-order valence-corrected chi connectivity index (χ2v) is 7.41. The summed E-state index contributed by atoms with van der Waals surface area (Å²) in [5.74, 6) is -0.213. The molecule has 1 aromatic carbocycles. The lowest BCUT2D eigenvalue weighted by Gasteiger charge is -2.33. The van der Waals surface area contributed by atoms with Crippen LogP contribution in [0, 0.1) is 6.92 Å². The van der Waals surface area contributed by atoms with E-state index in [4.69, 9.17) is 0 Å². The fraction of sp³-hybridized carbons (Fsp3) is 0.600. The maximum atomic E-state index is 12.4. The van der Waals surface area contributed by atoms with E-state index in [2.05, 4.69) is 45.6 Å². The molecular weight excluding hydrogens is 510 g/mol. The Bertz CT molecular complexity index is 706. The number of amides is 1. The third kappa shape index (κ3) is 9.07. The zero-order valence-corrected chi connectivity index (χ0v) is 20.0. The third-order valence-electron chi connectivity index (χ3n) is 5.06. The van der Waals surface area contributed by atoms with E-state index >= 15 is 0 Å². The van der Waals surface area contributed by atoms with Crippen molar-refractivity contribution in [2.45, 2.75) is 38.5 Å². The second kappa shape index (κ2) is 12.3. The molecule has 30 heavy (non-hydrogen) atoms. The molecule has 1 heterocycles. The molecule has 6 nitrogen and oxygen atoms in total. The van der Waals surface area contributed by atoms with E-state index in [0.717, 1.165) is 39.5 Å². The predicted molar refractivity (Wildman–Crippen MR) is 123 cm³/mol. The first-order valence-electron chi connectivity index (χ1n) is 9.72. The quantitative estimate of drug-likeness (QED) is 0.331. The highest BCUT2D eigenvalue weighted by molar-refractivity contribution is 14.0. The number of carbonyl (C=O) groups excluding carboxylic acids is 1. The Hall–Kier alpha value is -1.56. The van der Waals surface area contributed by atoms with Crippen molar-refractivity contribution < 1.29 is 18.0 Å². The van der Waals surface area contributed by atoms with E-state index in [1.165, 1.54) is 11.1 Å². The number of halogens is 4. The number of hydrogen-bond acceptors (Lipinski definition) is 3. The molecule has 2 rings (SSSR count). The standard InChI is InChI=1S/C20H30F3N5O.HI/c1-15-6-4-5-7-16(15)13-28-10-8-17(9-11-28)26-19(24-2)25-12-18(29)27(3)14-20(21,22)23;/h4-7,17H,8-14H2,1-3H3,(H2,24,25,26);1H. The maximum Gasteiger partial charge on any atom is 0.406 e. The number of alkyl halides is 3. The lowest BCUT2D eigenvalue weighted by molar-refractivity contribution is -0.157. The number of aliphatic imine (C=N–C) groups is 1. The van der Waals surface area contributed by atoms with Gasteiger partial charge in [-0.1, -0.05) is 24.3 Å². The summed E-state index contributed by atoms with van der Waals surface area (Å²) in [7, 11) is 2.71. The average molecular weight is 541 g/mol. The normalized spacial score (nSPS) is 16.0. The first-order chi connectivity index (χ1) is 13.7. The summed E-state index contributed by atoms with van der Waals surface area (Å²) in [6.45, 7) is 3.42. The maximum absolute atomic E-state index is 12.4. The molecule has 1 amide bonds. The van der Waals surface area contributed by atoms with Gasteiger partial charge in [0.15, 0.2) is 5.96 Å². The van der Waals surface area contributed by atoms with Gasteiger partial charge in [-0.3, -0.25) is 14.7 Å². The number of nitrogens with zero attached hydrogens (tertiary/aromatic N) is 3. The number of guanidine groups is 1. The molecule has 2 N–H and O–H groups in total. The zero-order valence-electron chi connectivity index (χ0n) is 17.6. The van der Waals surface area contributed by atoms with Gasteiger partial charge in [-0.25, -0.2) is 0 Å². The zero-order chi connectivity index (χ0) is 21.4. The molecule has 0 spiro atoms. The first kappa shape index (κ1) is 26.5. The SMILES string of the molecule is CN=C(NCC(=O)N(C)CC(F)(F)F)NC1CCN(Cc2ccccc2C)CC1.I. The molecule has 0 aromatic heterocycles. The number of carbonyl (C=O) groups is 1. The van der Waals surface area contributed by atoms with Crippen molar-refractivity contribution in [3.63, 3.8) is 0 Å². The molecule has 0 unspecified atom stereocenters. The van der Waals surface area contributed by atoms with E-state index in [9.17, 15) is 18.0 Å². The Morgan fingerprint density at radius 3 is 2.47 bits per heavy atom. The topological polar surface area (TPSA) is 60.0 Å². The van der Waals surface area contributed by atoms with Crippen molar-refractivity contribution in [2.75, 3.05) is 40.3 Å². The molecule has 10 heteroatoms. The summed E-state index contributed by atoms with van der Waals surface area (Å²) < 4.78 is 37.1. The van der Waals surface area contributed by atoms with E-state index in [1.807, 2.05) is 6.07 Å². The van der Waals surface area contributed by atoms with Crippen molar-refractivity contribution in [3.8, 4) is 0 Å². The van der Waals surface area contributed by atoms with Crippen LogP contribution < -0.4 is 10.6 Å². The van der Waals surface area contributed by atoms with Gasteiger partial charge >= 0.3 is 6.18 Å². The van der Waals surface area contributed by atoms with Gasteiger partial charge in [0.1, 0.15) is 6.54 Å². The van der Waals surface area contributed by atoms with Crippen LogP contribution in [0.4, 0.5) is 13.2 Å². The number of nitrogens with one attached hydrogen (secondary N) is 2. The molecular formula is C20H31F3IN5O. The highest BCUT2D eigenvalue weighted by Gasteiger charge is 2.31. The van der Waals surface area contributed by atoms with Gasteiger partial charge in [0.25, 0.3) is 0 Å². The van der Waals surface area contributed by atoms with Crippen molar-refractivity contribution >= 4 is 35.8 Å². The minimum Gasteiger partial charge on any atom is -0.354 e. The Balaban J connectivity index is 0.00000450. The number of hydrogen-bond donors (Lipinski definition) is 2. The Labute approximate surface area is 193 Å². The molecule has 0 saturated carbocycles. The molecule has 1 aliphatic heterocycles. The third-order valence-corrected chi connectivity index (χ3v) is 5.06. The van der Waals surface area contributed by atoms with Gasteiger partial charge in [-0.2, -0.15) is 13.2 Å². The van der Waals surface area contributed by atoms with Crippen LogP contribution in [-0.4, -0.2) is 74.2 Å². The molecule has 1 saturated heterocycles. The molecule has 1 aliphatic rings. The van der Waals surface area contributed by atoms with Crippen LogP contribution in [-0.2, 0) is 11.3 Å². The van der Waals surface area contributed by atoms with Crippen molar-refractivity contribution in [1.29, 1.82) is 0 Å². The minimum atomic E-state index is -4.41. The number of likely N-dealkylation sites (tertiary alicyclic amines) is 1. The summed E-state index contributed by atoms with van der Waals surface area (Å²) in [5.41, 5.74) is 2.62. The average Bonchev–Trinajstić information content (AvgIpc) is 2.66. The highest BCUT2D eigenvalue weighted by atomic mass is 127. The van der Waals surface area contributed by atoms with Crippen LogP contribution in [0.15, 0.2) is 29.3 Å². The number of aryl methyl sites for hydroxylation is 1. The van der Waals surface area contributed by atoms with Crippen LogP contribution in [0.5, 0.6) is 0 Å². The smallest absolute Gasteiger partial charge is 0.354 e. The van der Waals surface area contributed by atoms with Crippen LogP contribution in [0.2, 0.25) is 0 Å². The van der Waals surface area contributed by atoms with Crippen LogP contribution in [0.3, 0.4) is 0 Å². The molecule has 1 fully saturated rings. The predicted octanol–water partition coefficient (Wildman–Crippen LogP) is 2.76. The monoisotopic (exact) mass is 541 g/mol. The van der Waals surface area contributed by atoms with E-state index < -0.39 is 18.6 Å². The van der Waals surface area contributed by atoms with Crippen LogP contribution in [0.1, 0.15) is 24.0 Å². The van der Waals surface area contributed by atoms with Gasteiger partial charge in [0.2, 0.25) is 5.91 Å². The molecule has 0 atom stereocenters. The van der Waals surface area contributed by atoms with E-state index in [0.29, 0.717) is 10.9 Å². The van der Waals surface area contributed by atoms with Crippen LogP contribution >= 0.6 is 24.0 Å². The Morgan fingerprint density at radius 2 is 1.90 bits per heavy atom. The highest BCUT2D eigenvalue weighted by Crippen LogP contribution is 2.16. The van der Waals surface area contributed by atoms with Crippen LogP contribution in [0.25, 0.3) is 0 Å². The Morgan fingerprint density at radius 1 is 1.27 bits per heavy atom. The van der Waals surface area contributed by atoms with Gasteiger partial charge < -0.3 is 15.5 Å². The number of benzene rings is 1. The van der Waals surface area contributed by atoms with Gasteiger partial charge in [-0.05, 0) is 30.9 Å². The molecule has 170 valence electrons. The van der Waals surface area contributed by atoms with Gasteiger partial charge in [-0.15, -0.1) is 24.0 Å². The summed E-state index contributed by atoms with van der Waals surface area (Å²) in [6, 6.07) is 8.57. The lowest BCUT2D eigenvalue weighted by Crippen LogP contribution is -2.50. The van der Waals surface area contributed by atoms with Gasteiger partial charge in [0.05, 0.1) is 6.54 Å². The molecule has 0 aliphatic carbocycles. The molecule has 0 bridgehead atoms. The van der Waals surface area contributed by atoms with Crippen molar-refractivity contribution in [2.24, 2.45) is 4.99 Å². The van der Waals surface area contributed by atoms with Crippen molar-refractivity contribution in [1.82, 2.24) is 20.4 Å². The van der Waals surface area contributed by atoms with Gasteiger partial charge in [0, 0.05) is 39.8 Å². The summed E-state index contributed by atoms with van der Waals surface area (Å²) in [6.07, 6.45) is -2.56. The molecule has 0 radical (unpaired) electrons. The number of piperidine rings is 1. The Kier molecular flexibility index (Phi) is 10.9. The number of likely N-dealkylation sites (N-methyl/N-ethyl adjacent to an activating group) is 1. The first-order valence-corrected chi connectivity index (χ1v) is 9.72. The fourth-order valence-electron chi connectivity index (χ4n) is 3.30. The number of rotatable bonds is 6. The fourth-order valence-corrected chi connectivity index (χ4v) is 3.30. The second-order valence-electron chi connectivity index (χ2n) is 7.41. The summed E-state index contributed by atoms with van der Waals surface area (Å²) in [4.78, 5) is 19.0. The lowest BCUT2D eigenvalue weighted by atomic mass is 10.0.